The largest absolute Gasteiger partial charge is 0.394 e. The highest BCUT2D eigenvalue weighted by Crippen LogP contribution is 2.42. The molecule has 0 saturated carbocycles. The zero-order valence-electron chi connectivity index (χ0n) is 10.3. The van der Waals surface area contributed by atoms with E-state index in [1.807, 2.05) is 0 Å². The molecular weight excluding hydrogens is 260 g/mol. The fraction of sp³-hybridized carbons (Fsp3) is 1.00. The highest BCUT2D eigenvalue weighted by atomic mass is 31.2. The maximum atomic E-state index is 11.3. The molecule has 7 nitrogen and oxygen atoms in total. The Morgan fingerprint density at radius 2 is 2.17 bits per heavy atom. The first-order chi connectivity index (χ1) is 8.39. The van der Waals surface area contributed by atoms with Gasteiger partial charge in [0, 0.05) is 19.3 Å². The fourth-order valence-corrected chi connectivity index (χ4v) is 2.46. The maximum absolute atomic E-state index is 11.3. The molecule has 0 aliphatic carbocycles. The van der Waals surface area contributed by atoms with Crippen molar-refractivity contribution in [1.82, 2.24) is 0 Å². The Balaban J connectivity index is 2.67. The molecule has 0 aromatic heterocycles. The fourth-order valence-electron chi connectivity index (χ4n) is 1.75. The van der Waals surface area contributed by atoms with E-state index >= 15 is 0 Å². The Morgan fingerprint density at radius 1 is 1.50 bits per heavy atom. The lowest BCUT2D eigenvalue weighted by Gasteiger charge is -2.24. The van der Waals surface area contributed by atoms with E-state index in [4.69, 9.17) is 32.7 Å². The summed E-state index contributed by atoms with van der Waals surface area (Å²) in [4.78, 5) is 9.25. The summed E-state index contributed by atoms with van der Waals surface area (Å²) in [5.41, 5.74) is 5.34. The van der Waals surface area contributed by atoms with Gasteiger partial charge in [-0.05, 0) is 13.0 Å². The summed E-state index contributed by atoms with van der Waals surface area (Å²) in [6, 6.07) is -0.809. The number of aliphatic hydroxyl groups is 1. The van der Waals surface area contributed by atoms with Crippen LogP contribution in [0.15, 0.2) is 0 Å². The lowest BCUT2D eigenvalue weighted by Crippen LogP contribution is -2.38. The number of rotatable bonds is 7. The zero-order valence-corrected chi connectivity index (χ0v) is 11.2. The lowest BCUT2D eigenvalue weighted by atomic mass is 9.93. The van der Waals surface area contributed by atoms with Gasteiger partial charge in [-0.3, -0.25) is 9.09 Å². The third kappa shape index (κ3) is 4.62. The molecule has 0 aromatic carbocycles. The summed E-state index contributed by atoms with van der Waals surface area (Å²) in [6.07, 6.45) is -1.72. The van der Waals surface area contributed by atoms with E-state index in [1.165, 1.54) is 0 Å². The van der Waals surface area contributed by atoms with E-state index < -0.39 is 31.9 Å². The summed E-state index contributed by atoms with van der Waals surface area (Å²) in [5.74, 6) is 0. The monoisotopic (exact) mass is 279 g/mol. The molecule has 0 spiro atoms. The lowest BCUT2D eigenvalue weighted by molar-refractivity contribution is -0.0193. The van der Waals surface area contributed by atoms with Crippen LogP contribution in [0, 0.1) is 0 Å². The maximum Gasteiger partial charge on any atom is 0.325 e. The minimum absolute atomic E-state index is 0.343. The van der Waals surface area contributed by atoms with Crippen molar-refractivity contribution in [2.75, 3.05) is 26.4 Å². The quantitative estimate of drug-likeness (QED) is 0.305. The standard InChI is InChI=1S/C9H19BNO6P/c1-18(13,14)17-7-6(5-12)16-9(10)8(7)15-4-2-3-11/h6-9,12H,2-5,11H2,1H3,(H,13,14). The van der Waals surface area contributed by atoms with E-state index in [-0.39, 0.29) is 6.61 Å². The molecule has 5 unspecified atom stereocenters. The Morgan fingerprint density at radius 3 is 2.67 bits per heavy atom. The molecule has 1 heterocycles. The summed E-state index contributed by atoms with van der Waals surface area (Å²) < 4.78 is 27.0. The molecule has 9 heteroatoms. The van der Waals surface area contributed by atoms with E-state index in [0.29, 0.717) is 19.6 Å². The minimum Gasteiger partial charge on any atom is -0.394 e. The smallest absolute Gasteiger partial charge is 0.325 e. The topological polar surface area (TPSA) is 111 Å². The van der Waals surface area contributed by atoms with Crippen LogP contribution in [0.5, 0.6) is 0 Å². The van der Waals surface area contributed by atoms with Gasteiger partial charge in [-0.2, -0.15) is 0 Å². The zero-order chi connectivity index (χ0) is 13.8. The summed E-state index contributed by atoms with van der Waals surface area (Å²) in [6.45, 7) is 1.50. The molecule has 18 heavy (non-hydrogen) atoms. The first-order valence-electron chi connectivity index (χ1n) is 5.71. The van der Waals surface area contributed by atoms with Crippen molar-refractivity contribution in [1.29, 1.82) is 0 Å². The molecular formula is C9H19BNO6P. The van der Waals surface area contributed by atoms with Gasteiger partial charge in [0.25, 0.3) is 0 Å². The number of ether oxygens (including phenoxy) is 2. The Bertz CT molecular complexity index is 301. The SMILES string of the molecule is [B]C1OC(CO)C(OP(C)(=O)O)C1OCCCN. The first kappa shape index (κ1) is 16.1. The van der Waals surface area contributed by atoms with Gasteiger partial charge in [-0.1, -0.05) is 0 Å². The third-order valence-electron chi connectivity index (χ3n) is 2.50. The number of aliphatic hydroxyl groups excluding tert-OH is 1. The molecule has 2 radical (unpaired) electrons. The number of hydrogen-bond donors (Lipinski definition) is 3. The predicted molar refractivity (Wildman–Crippen MR) is 65.5 cm³/mol. The van der Waals surface area contributed by atoms with Gasteiger partial charge >= 0.3 is 7.60 Å². The van der Waals surface area contributed by atoms with Gasteiger partial charge in [0.05, 0.1) is 6.61 Å². The third-order valence-corrected chi connectivity index (χ3v) is 3.14. The van der Waals surface area contributed by atoms with Crippen LogP contribution in [0.2, 0.25) is 0 Å². The molecule has 1 aliphatic heterocycles. The summed E-state index contributed by atoms with van der Waals surface area (Å²) in [5, 5.41) is 9.13. The normalized spacial score (nSPS) is 35.6. The van der Waals surface area contributed by atoms with Gasteiger partial charge in [0.1, 0.15) is 26.2 Å². The molecule has 104 valence electrons. The summed E-state index contributed by atoms with van der Waals surface area (Å²) in [7, 11) is 1.98. The van der Waals surface area contributed by atoms with Crippen LogP contribution < -0.4 is 5.73 Å². The van der Waals surface area contributed by atoms with E-state index in [1.54, 1.807) is 0 Å². The summed E-state index contributed by atoms with van der Waals surface area (Å²) >= 11 is 0. The van der Waals surface area contributed by atoms with E-state index in [9.17, 15) is 9.46 Å². The molecule has 4 N–H and O–H groups in total. The Kier molecular flexibility index (Phi) is 6.27. The molecule has 1 aliphatic rings. The van der Waals surface area contributed by atoms with Gasteiger partial charge in [0.15, 0.2) is 0 Å². The second kappa shape index (κ2) is 7.00. The van der Waals surface area contributed by atoms with Crippen molar-refractivity contribution in [2.24, 2.45) is 5.73 Å². The van der Waals surface area contributed by atoms with Crippen LogP contribution in [0.4, 0.5) is 0 Å². The molecule has 1 rings (SSSR count). The highest BCUT2D eigenvalue weighted by Gasteiger charge is 2.45. The van der Waals surface area contributed by atoms with Crippen molar-refractivity contribution < 1.29 is 28.6 Å². The molecule has 0 aromatic rings. The van der Waals surface area contributed by atoms with Crippen LogP contribution in [-0.2, 0) is 18.6 Å². The molecule has 0 amide bonds. The number of hydrogen-bond acceptors (Lipinski definition) is 6. The van der Waals surface area contributed by atoms with Gasteiger partial charge in [-0.25, -0.2) is 0 Å². The molecule has 0 bridgehead atoms. The van der Waals surface area contributed by atoms with Crippen LogP contribution >= 0.6 is 7.60 Å². The van der Waals surface area contributed by atoms with E-state index in [0.717, 1.165) is 6.66 Å². The number of nitrogens with two attached hydrogens (primary N) is 1. The van der Waals surface area contributed by atoms with Crippen LogP contribution in [0.25, 0.3) is 0 Å². The van der Waals surface area contributed by atoms with Crippen LogP contribution in [0.3, 0.4) is 0 Å². The van der Waals surface area contributed by atoms with Crippen molar-refractivity contribution >= 4 is 15.4 Å². The second-order valence-electron chi connectivity index (χ2n) is 4.17. The average Bonchev–Trinajstić information content (AvgIpc) is 2.54. The van der Waals surface area contributed by atoms with E-state index in [2.05, 4.69) is 0 Å². The minimum atomic E-state index is -3.72. The van der Waals surface area contributed by atoms with Crippen molar-refractivity contribution in [3.8, 4) is 0 Å². The Hall–Kier alpha value is 0.0549. The van der Waals surface area contributed by atoms with Crippen molar-refractivity contribution in [3.63, 3.8) is 0 Å². The average molecular weight is 279 g/mol. The van der Waals surface area contributed by atoms with Crippen molar-refractivity contribution in [2.45, 2.75) is 30.7 Å². The predicted octanol–water partition coefficient (Wildman–Crippen LogP) is -1.19. The molecule has 1 saturated heterocycles. The highest BCUT2D eigenvalue weighted by molar-refractivity contribution is 7.51. The van der Waals surface area contributed by atoms with Crippen LogP contribution in [-0.4, -0.2) is 68.6 Å². The van der Waals surface area contributed by atoms with Gasteiger partial charge < -0.3 is 25.2 Å². The second-order valence-corrected chi connectivity index (χ2v) is 5.99. The molecule has 5 atom stereocenters. The van der Waals surface area contributed by atoms with Crippen molar-refractivity contribution in [3.05, 3.63) is 0 Å². The van der Waals surface area contributed by atoms with Gasteiger partial charge in [-0.15, -0.1) is 0 Å². The molecule has 1 fully saturated rings. The van der Waals surface area contributed by atoms with Gasteiger partial charge in [0.2, 0.25) is 0 Å². The first-order valence-corrected chi connectivity index (χ1v) is 7.73. The Labute approximate surface area is 108 Å². The van der Waals surface area contributed by atoms with Crippen LogP contribution in [0.1, 0.15) is 6.42 Å².